The van der Waals surface area contributed by atoms with Gasteiger partial charge >= 0.3 is 0 Å². The summed E-state index contributed by atoms with van der Waals surface area (Å²) in [4.78, 5) is 2.10. The molecule has 2 rings (SSSR count). The summed E-state index contributed by atoms with van der Waals surface area (Å²) in [5.74, 6) is 0. The van der Waals surface area contributed by atoms with E-state index < -0.39 is 0 Å². The molecule has 1 heterocycles. The van der Waals surface area contributed by atoms with Crippen LogP contribution < -0.4 is 10.2 Å². The summed E-state index contributed by atoms with van der Waals surface area (Å²) < 4.78 is 2.06. The highest BCUT2D eigenvalue weighted by Crippen LogP contribution is 2.17. The van der Waals surface area contributed by atoms with Crippen molar-refractivity contribution in [2.45, 2.75) is 26.4 Å². The third-order valence-corrected chi connectivity index (χ3v) is 3.08. The van der Waals surface area contributed by atoms with E-state index in [2.05, 4.69) is 71.3 Å². The van der Waals surface area contributed by atoms with Gasteiger partial charge in [0, 0.05) is 38.2 Å². The van der Waals surface area contributed by atoms with Crippen LogP contribution in [0.25, 0.3) is 0 Å². The van der Waals surface area contributed by atoms with E-state index in [4.69, 9.17) is 0 Å². The molecule has 1 aromatic heterocycles. The molecule has 0 aliphatic heterocycles. The van der Waals surface area contributed by atoms with Gasteiger partial charge < -0.3 is 10.2 Å². The van der Waals surface area contributed by atoms with Gasteiger partial charge in [-0.1, -0.05) is 13.0 Å². The largest absolute Gasteiger partial charge is 0.379 e. The highest BCUT2D eigenvalue weighted by atomic mass is 15.3. The molecule has 0 atom stereocenters. The second-order valence-electron chi connectivity index (χ2n) is 4.84. The average Bonchev–Trinajstić information content (AvgIpc) is 2.85. The molecule has 0 saturated carbocycles. The van der Waals surface area contributed by atoms with E-state index in [9.17, 15) is 0 Å². The molecule has 0 aliphatic rings. The smallest absolute Gasteiger partial charge is 0.0575 e. The van der Waals surface area contributed by atoms with Gasteiger partial charge in [-0.2, -0.15) is 5.10 Å². The lowest BCUT2D eigenvalue weighted by molar-refractivity contribution is 0.578. The van der Waals surface area contributed by atoms with Gasteiger partial charge in [0.2, 0.25) is 0 Å². The number of rotatable bonds is 6. The molecule has 0 aliphatic carbocycles. The van der Waals surface area contributed by atoms with Crippen LogP contribution >= 0.6 is 0 Å². The number of hydrogen-bond acceptors (Lipinski definition) is 3. The van der Waals surface area contributed by atoms with Crippen LogP contribution in [0.1, 0.15) is 19.0 Å². The Morgan fingerprint density at radius 2 is 2.11 bits per heavy atom. The molecular formula is C15H22N4. The number of anilines is 2. The normalized spacial score (nSPS) is 10.5. The van der Waals surface area contributed by atoms with E-state index in [1.54, 1.807) is 0 Å². The van der Waals surface area contributed by atoms with E-state index in [-0.39, 0.29) is 0 Å². The molecular weight excluding hydrogens is 236 g/mol. The second kappa shape index (κ2) is 6.27. The SMILES string of the molecule is CCCn1nccc1CNc1cccc(N(C)C)c1. The highest BCUT2D eigenvalue weighted by Gasteiger charge is 2.02. The Morgan fingerprint density at radius 1 is 1.26 bits per heavy atom. The van der Waals surface area contributed by atoms with Gasteiger partial charge in [0.25, 0.3) is 0 Å². The lowest BCUT2D eigenvalue weighted by Gasteiger charge is -2.14. The van der Waals surface area contributed by atoms with Crippen molar-refractivity contribution in [3.05, 3.63) is 42.2 Å². The van der Waals surface area contributed by atoms with Crippen molar-refractivity contribution in [1.29, 1.82) is 0 Å². The molecule has 4 heteroatoms. The van der Waals surface area contributed by atoms with Crippen LogP contribution in [0.3, 0.4) is 0 Å². The Hall–Kier alpha value is -1.97. The molecule has 0 bridgehead atoms. The first-order valence-corrected chi connectivity index (χ1v) is 6.72. The number of hydrogen-bond donors (Lipinski definition) is 1. The Bertz CT molecular complexity index is 516. The van der Waals surface area contributed by atoms with Gasteiger partial charge in [0.15, 0.2) is 0 Å². The average molecular weight is 258 g/mol. The van der Waals surface area contributed by atoms with E-state index in [1.165, 1.54) is 11.4 Å². The van der Waals surface area contributed by atoms with Gasteiger partial charge in [-0.05, 0) is 30.7 Å². The van der Waals surface area contributed by atoms with Crippen molar-refractivity contribution in [3.8, 4) is 0 Å². The fourth-order valence-electron chi connectivity index (χ4n) is 2.01. The maximum Gasteiger partial charge on any atom is 0.0575 e. The first-order chi connectivity index (χ1) is 9.20. The number of aryl methyl sites for hydroxylation is 1. The molecule has 0 fully saturated rings. The Labute approximate surface area is 115 Å². The molecule has 0 radical (unpaired) electrons. The molecule has 0 saturated heterocycles. The maximum atomic E-state index is 4.33. The number of nitrogens with zero attached hydrogens (tertiary/aromatic N) is 3. The van der Waals surface area contributed by atoms with Crippen LogP contribution in [0.15, 0.2) is 36.5 Å². The van der Waals surface area contributed by atoms with Crippen LogP contribution in [-0.2, 0) is 13.1 Å². The van der Waals surface area contributed by atoms with E-state index in [1.807, 2.05) is 6.20 Å². The summed E-state index contributed by atoms with van der Waals surface area (Å²) >= 11 is 0. The van der Waals surface area contributed by atoms with Crippen molar-refractivity contribution in [2.24, 2.45) is 0 Å². The van der Waals surface area contributed by atoms with Gasteiger partial charge in [-0.3, -0.25) is 4.68 Å². The summed E-state index contributed by atoms with van der Waals surface area (Å²) in [6.45, 7) is 3.94. The van der Waals surface area contributed by atoms with Crippen molar-refractivity contribution < 1.29 is 0 Å². The molecule has 1 N–H and O–H groups in total. The van der Waals surface area contributed by atoms with Crippen LogP contribution in [0.5, 0.6) is 0 Å². The molecule has 0 spiro atoms. The van der Waals surface area contributed by atoms with Crippen molar-refractivity contribution >= 4 is 11.4 Å². The fraction of sp³-hybridized carbons (Fsp3) is 0.400. The van der Waals surface area contributed by atoms with Gasteiger partial charge in [-0.25, -0.2) is 0 Å². The number of aromatic nitrogens is 2. The van der Waals surface area contributed by atoms with Crippen molar-refractivity contribution in [1.82, 2.24) is 9.78 Å². The predicted molar refractivity (Wildman–Crippen MR) is 80.6 cm³/mol. The van der Waals surface area contributed by atoms with Gasteiger partial charge in [-0.15, -0.1) is 0 Å². The molecule has 102 valence electrons. The maximum absolute atomic E-state index is 4.33. The summed E-state index contributed by atoms with van der Waals surface area (Å²) in [6, 6.07) is 10.5. The zero-order valence-electron chi connectivity index (χ0n) is 11.9. The third-order valence-electron chi connectivity index (χ3n) is 3.08. The van der Waals surface area contributed by atoms with Crippen molar-refractivity contribution in [2.75, 3.05) is 24.3 Å². The fourth-order valence-corrected chi connectivity index (χ4v) is 2.01. The van der Waals surface area contributed by atoms with E-state index in [0.717, 1.165) is 25.2 Å². The highest BCUT2D eigenvalue weighted by molar-refractivity contribution is 5.57. The standard InChI is InChI=1S/C15H22N4/c1-4-10-19-15(8-9-17-19)12-16-13-6-5-7-14(11-13)18(2)3/h5-9,11,16H,4,10,12H2,1-3H3. The lowest BCUT2D eigenvalue weighted by atomic mass is 10.2. The summed E-state index contributed by atoms with van der Waals surface area (Å²) in [5.41, 5.74) is 3.56. The molecule has 1 aromatic carbocycles. The predicted octanol–water partition coefficient (Wildman–Crippen LogP) is 2.97. The topological polar surface area (TPSA) is 33.1 Å². The minimum absolute atomic E-state index is 0.802. The molecule has 2 aromatic rings. The monoisotopic (exact) mass is 258 g/mol. The first kappa shape index (κ1) is 13.5. The summed E-state index contributed by atoms with van der Waals surface area (Å²) in [5, 5.41) is 7.79. The minimum atomic E-state index is 0.802. The number of nitrogens with one attached hydrogen (secondary N) is 1. The van der Waals surface area contributed by atoms with Crippen LogP contribution in [0, 0.1) is 0 Å². The minimum Gasteiger partial charge on any atom is -0.379 e. The Balaban J connectivity index is 2.02. The van der Waals surface area contributed by atoms with Crippen LogP contribution in [0.2, 0.25) is 0 Å². The van der Waals surface area contributed by atoms with Crippen LogP contribution in [0.4, 0.5) is 11.4 Å². The Kier molecular flexibility index (Phi) is 4.44. The zero-order chi connectivity index (χ0) is 13.7. The summed E-state index contributed by atoms with van der Waals surface area (Å²) in [6.07, 6.45) is 2.97. The lowest BCUT2D eigenvalue weighted by Crippen LogP contribution is -2.10. The first-order valence-electron chi connectivity index (χ1n) is 6.72. The molecule has 0 amide bonds. The molecule has 4 nitrogen and oxygen atoms in total. The van der Waals surface area contributed by atoms with E-state index in [0.29, 0.717) is 0 Å². The van der Waals surface area contributed by atoms with E-state index >= 15 is 0 Å². The summed E-state index contributed by atoms with van der Waals surface area (Å²) in [7, 11) is 4.10. The zero-order valence-corrected chi connectivity index (χ0v) is 11.9. The van der Waals surface area contributed by atoms with Gasteiger partial charge in [0.05, 0.1) is 12.2 Å². The second-order valence-corrected chi connectivity index (χ2v) is 4.84. The third kappa shape index (κ3) is 3.50. The molecule has 19 heavy (non-hydrogen) atoms. The van der Waals surface area contributed by atoms with Gasteiger partial charge in [0.1, 0.15) is 0 Å². The quantitative estimate of drug-likeness (QED) is 0.864. The number of benzene rings is 1. The Morgan fingerprint density at radius 3 is 2.84 bits per heavy atom. The molecule has 0 unspecified atom stereocenters. The van der Waals surface area contributed by atoms with Crippen LogP contribution in [-0.4, -0.2) is 23.9 Å². The van der Waals surface area contributed by atoms with Crippen molar-refractivity contribution in [3.63, 3.8) is 0 Å².